The molecule has 0 heterocycles. The van der Waals surface area contributed by atoms with E-state index in [2.05, 4.69) is 29.4 Å². The van der Waals surface area contributed by atoms with E-state index in [1.54, 1.807) is 6.07 Å². The molecule has 26 heavy (non-hydrogen) atoms. The fraction of sp³-hybridized carbons (Fsp3) is 0.333. The number of anilines is 2. The second-order valence-electron chi connectivity index (χ2n) is 6.23. The van der Waals surface area contributed by atoms with Crippen molar-refractivity contribution in [3.63, 3.8) is 0 Å². The van der Waals surface area contributed by atoms with E-state index in [0.29, 0.717) is 11.4 Å². The van der Waals surface area contributed by atoms with Gasteiger partial charge in [0, 0.05) is 18.3 Å². The van der Waals surface area contributed by atoms with E-state index in [0.717, 1.165) is 24.2 Å². The van der Waals surface area contributed by atoms with Gasteiger partial charge in [-0.1, -0.05) is 50.2 Å². The van der Waals surface area contributed by atoms with Crippen LogP contribution in [0.2, 0.25) is 0 Å². The number of likely N-dealkylation sites (N-methyl/N-ethyl adjacent to an activating group) is 1. The summed E-state index contributed by atoms with van der Waals surface area (Å²) >= 11 is 0. The van der Waals surface area contributed by atoms with E-state index in [1.165, 1.54) is 6.92 Å². The van der Waals surface area contributed by atoms with Gasteiger partial charge in [0.25, 0.3) is 0 Å². The molecular formula is C21H27N3O2. The molecule has 1 atom stereocenters. The van der Waals surface area contributed by atoms with Crippen LogP contribution in [0.25, 0.3) is 0 Å². The highest BCUT2D eigenvalue weighted by Gasteiger charge is 2.26. The van der Waals surface area contributed by atoms with Gasteiger partial charge in [0.2, 0.25) is 11.8 Å². The Kier molecular flexibility index (Phi) is 6.92. The third kappa shape index (κ3) is 4.92. The Morgan fingerprint density at radius 1 is 1.00 bits per heavy atom. The number of hydrogen-bond donors (Lipinski definition) is 2. The average molecular weight is 353 g/mol. The number of nitrogens with zero attached hydrogens (tertiary/aromatic N) is 1. The molecule has 0 bridgehead atoms. The number of carbonyl (C=O) groups excluding carboxylic acids is 2. The zero-order valence-electron chi connectivity index (χ0n) is 15.9. The Bertz CT molecular complexity index is 755. The SMILES string of the molecule is CCN(CC)C(C(=O)Nc1cc(NC(C)=O)ccc1C)c1ccccc1. The lowest BCUT2D eigenvalue weighted by molar-refractivity contribution is -0.121. The Balaban J connectivity index is 2.31. The van der Waals surface area contributed by atoms with Crippen molar-refractivity contribution in [2.75, 3.05) is 23.7 Å². The molecule has 0 saturated heterocycles. The van der Waals surface area contributed by atoms with Crippen LogP contribution in [0.4, 0.5) is 11.4 Å². The van der Waals surface area contributed by atoms with Crippen LogP contribution >= 0.6 is 0 Å². The molecule has 0 fully saturated rings. The smallest absolute Gasteiger partial charge is 0.246 e. The fourth-order valence-corrected chi connectivity index (χ4v) is 2.99. The first-order chi connectivity index (χ1) is 12.5. The van der Waals surface area contributed by atoms with E-state index in [4.69, 9.17) is 0 Å². The third-order valence-electron chi connectivity index (χ3n) is 4.36. The Hall–Kier alpha value is -2.66. The Morgan fingerprint density at radius 3 is 2.23 bits per heavy atom. The predicted molar refractivity (Wildman–Crippen MR) is 106 cm³/mol. The Morgan fingerprint density at radius 2 is 1.65 bits per heavy atom. The molecular weight excluding hydrogens is 326 g/mol. The molecule has 2 N–H and O–H groups in total. The third-order valence-corrected chi connectivity index (χ3v) is 4.36. The highest BCUT2D eigenvalue weighted by atomic mass is 16.2. The van der Waals surface area contributed by atoms with Gasteiger partial charge in [-0.3, -0.25) is 14.5 Å². The van der Waals surface area contributed by atoms with Crippen molar-refractivity contribution in [1.82, 2.24) is 4.90 Å². The molecule has 138 valence electrons. The summed E-state index contributed by atoms with van der Waals surface area (Å²) in [5.41, 5.74) is 3.27. The van der Waals surface area contributed by atoms with Crippen molar-refractivity contribution in [2.24, 2.45) is 0 Å². The van der Waals surface area contributed by atoms with Gasteiger partial charge in [0.15, 0.2) is 0 Å². The summed E-state index contributed by atoms with van der Waals surface area (Å²) < 4.78 is 0. The minimum Gasteiger partial charge on any atom is -0.326 e. The molecule has 2 rings (SSSR count). The van der Waals surface area contributed by atoms with Crippen LogP contribution in [0.15, 0.2) is 48.5 Å². The molecule has 0 aliphatic rings. The molecule has 0 aliphatic heterocycles. The van der Waals surface area contributed by atoms with Crippen LogP contribution in [-0.4, -0.2) is 29.8 Å². The van der Waals surface area contributed by atoms with Crippen molar-refractivity contribution >= 4 is 23.2 Å². The van der Waals surface area contributed by atoms with E-state index in [-0.39, 0.29) is 17.9 Å². The fourth-order valence-electron chi connectivity index (χ4n) is 2.99. The summed E-state index contributed by atoms with van der Waals surface area (Å²) in [4.78, 5) is 26.5. The second-order valence-corrected chi connectivity index (χ2v) is 6.23. The van der Waals surface area contributed by atoms with Crippen LogP contribution in [0, 0.1) is 6.92 Å². The normalized spacial score (nSPS) is 11.9. The van der Waals surface area contributed by atoms with Gasteiger partial charge >= 0.3 is 0 Å². The summed E-state index contributed by atoms with van der Waals surface area (Å²) in [5.74, 6) is -0.223. The lowest BCUT2D eigenvalue weighted by atomic mass is 10.0. The molecule has 0 aromatic heterocycles. The number of carbonyl (C=O) groups is 2. The standard InChI is InChI=1S/C21H27N3O2/c1-5-24(6-2)20(17-10-8-7-9-11-17)21(26)23-19-14-18(22-16(4)25)13-12-15(19)3/h7-14,20H,5-6H2,1-4H3,(H,22,25)(H,23,26). The van der Waals surface area contributed by atoms with E-state index >= 15 is 0 Å². The predicted octanol–water partition coefficient (Wildman–Crippen LogP) is 3.98. The summed E-state index contributed by atoms with van der Waals surface area (Å²) in [5, 5.41) is 5.79. The molecule has 2 aromatic carbocycles. The summed E-state index contributed by atoms with van der Waals surface area (Å²) in [7, 11) is 0. The van der Waals surface area contributed by atoms with Gasteiger partial charge in [-0.25, -0.2) is 0 Å². The van der Waals surface area contributed by atoms with Gasteiger partial charge < -0.3 is 10.6 Å². The zero-order valence-corrected chi connectivity index (χ0v) is 15.9. The maximum Gasteiger partial charge on any atom is 0.246 e. The molecule has 0 aliphatic carbocycles. The van der Waals surface area contributed by atoms with Crippen LogP contribution in [-0.2, 0) is 9.59 Å². The zero-order chi connectivity index (χ0) is 19.1. The van der Waals surface area contributed by atoms with Crippen molar-refractivity contribution in [2.45, 2.75) is 33.7 Å². The van der Waals surface area contributed by atoms with Crippen LogP contribution in [0.1, 0.15) is 37.9 Å². The number of benzene rings is 2. The van der Waals surface area contributed by atoms with Crippen LogP contribution in [0.3, 0.4) is 0 Å². The number of amides is 2. The molecule has 1 unspecified atom stereocenters. The highest BCUT2D eigenvalue weighted by Crippen LogP contribution is 2.25. The average Bonchev–Trinajstić information content (AvgIpc) is 2.62. The van der Waals surface area contributed by atoms with Crippen molar-refractivity contribution in [1.29, 1.82) is 0 Å². The lowest BCUT2D eigenvalue weighted by Crippen LogP contribution is -2.37. The first-order valence-electron chi connectivity index (χ1n) is 8.94. The van der Waals surface area contributed by atoms with Gasteiger partial charge in [-0.15, -0.1) is 0 Å². The minimum atomic E-state index is -0.366. The van der Waals surface area contributed by atoms with Gasteiger partial charge in [-0.05, 0) is 43.3 Å². The summed E-state index contributed by atoms with van der Waals surface area (Å²) in [6, 6.07) is 14.9. The molecule has 5 nitrogen and oxygen atoms in total. The van der Waals surface area contributed by atoms with Crippen molar-refractivity contribution in [3.05, 3.63) is 59.7 Å². The molecule has 2 aromatic rings. The first kappa shape index (κ1) is 19.7. The van der Waals surface area contributed by atoms with Gasteiger partial charge in [-0.2, -0.15) is 0 Å². The number of hydrogen-bond acceptors (Lipinski definition) is 3. The summed E-state index contributed by atoms with van der Waals surface area (Å²) in [6.07, 6.45) is 0. The topological polar surface area (TPSA) is 61.4 Å². The Labute approximate surface area is 155 Å². The van der Waals surface area contributed by atoms with Crippen LogP contribution < -0.4 is 10.6 Å². The maximum absolute atomic E-state index is 13.1. The highest BCUT2D eigenvalue weighted by molar-refractivity contribution is 5.97. The van der Waals surface area contributed by atoms with Gasteiger partial charge in [0.05, 0.1) is 0 Å². The van der Waals surface area contributed by atoms with Crippen LogP contribution in [0.5, 0.6) is 0 Å². The van der Waals surface area contributed by atoms with E-state index in [1.807, 2.05) is 49.4 Å². The largest absolute Gasteiger partial charge is 0.326 e. The van der Waals surface area contributed by atoms with Gasteiger partial charge in [0.1, 0.15) is 6.04 Å². The lowest BCUT2D eigenvalue weighted by Gasteiger charge is -2.29. The van der Waals surface area contributed by atoms with Crippen molar-refractivity contribution in [3.8, 4) is 0 Å². The first-order valence-corrected chi connectivity index (χ1v) is 8.94. The molecule has 5 heteroatoms. The number of aryl methyl sites for hydroxylation is 1. The van der Waals surface area contributed by atoms with E-state index in [9.17, 15) is 9.59 Å². The van der Waals surface area contributed by atoms with Crippen molar-refractivity contribution < 1.29 is 9.59 Å². The number of nitrogens with one attached hydrogen (secondary N) is 2. The van der Waals surface area contributed by atoms with E-state index < -0.39 is 0 Å². The molecule has 0 radical (unpaired) electrons. The monoisotopic (exact) mass is 353 g/mol. The molecule has 2 amide bonds. The number of rotatable bonds is 7. The molecule has 0 saturated carbocycles. The maximum atomic E-state index is 13.1. The minimum absolute atomic E-state index is 0.0806. The second kappa shape index (κ2) is 9.15. The summed E-state index contributed by atoms with van der Waals surface area (Å²) in [6.45, 7) is 9.04. The molecule has 0 spiro atoms. The quantitative estimate of drug-likeness (QED) is 0.791.